The topological polar surface area (TPSA) is 98.6 Å². The Balaban J connectivity index is 2.02. The summed E-state index contributed by atoms with van der Waals surface area (Å²) in [5.74, 6) is 0.540. The van der Waals surface area contributed by atoms with E-state index < -0.39 is 5.97 Å². The maximum absolute atomic E-state index is 10.5. The molecular weight excluding hydrogens is 260 g/mol. The molecule has 1 aromatic heterocycles. The number of nitrogens with zero attached hydrogens (tertiary/aromatic N) is 3. The number of carboxylic acids is 1. The van der Waals surface area contributed by atoms with Crippen LogP contribution in [0.15, 0.2) is 12.4 Å². The normalized spacial score (nSPS) is 18.9. The van der Waals surface area contributed by atoms with Crippen molar-refractivity contribution in [3.63, 3.8) is 0 Å². The largest absolute Gasteiger partial charge is 0.481 e. The van der Waals surface area contributed by atoms with Gasteiger partial charge in [0.15, 0.2) is 0 Å². The summed E-state index contributed by atoms with van der Waals surface area (Å²) in [6, 6.07) is 1.90. The van der Waals surface area contributed by atoms with Crippen molar-refractivity contribution in [2.45, 2.75) is 31.7 Å². The maximum atomic E-state index is 10.5. The van der Waals surface area contributed by atoms with Crippen molar-refractivity contribution in [2.24, 2.45) is 0 Å². The van der Waals surface area contributed by atoms with E-state index in [9.17, 15) is 9.90 Å². The SMILES string of the molecule is O=C(O)CCNc1cc(N2CCCCC2CO)ncn1. The highest BCUT2D eigenvalue weighted by Gasteiger charge is 2.23. The number of hydrogen-bond donors (Lipinski definition) is 3. The molecule has 110 valence electrons. The van der Waals surface area contributed by atoms with E-state index in [1.54, 1.807) is 6.07 Å². The van der Waals surface area contributed by atoms with Crippen molar-refractivity contribution in [1.29, 1.82) is 0 Å². The Morgan fingerprint density at radius 3 is 3.05 bits per heavy atom. The number of carboxylic acid groups (broad SMARTS) is 1. The highest BCUT2D eigenvalue weighted by molar-refractivity contribution is 5.67. The van der Waals surface area contributed by atoms with Gasteiger partial charge in [-0.25, -0.2) is 9.97 Å². The molecule has 1 aliphatic rings. The Kier molecular flexibility index (Phi) is 5.11. The molecule has 2 heterocycles. The lowest BCUT2D eigenvalue weighted by molar-refractivity contribution is -0.136. The Bertz CT molecular complexity index is 455. The van der Waals surface area contributed by atoms with Crippen molar-refractivity contribution in [2.75, 3.05) is 29.9 Å². The molecule has 1 atom stereocenters. The van der Waals surface area contributed by atoms with Gasteiger partial charge in [0.2, 0.25) is 0 Å². The van der Waals surface area contributed by atoms with Crippen molar-refractivity contribution in [3.05, 3.63) is 12.4 Å². The minimum Gasteiger partial charge on any atom is -0.481 e. The number of aliphatic hydroxyl groups is 1. The average Bonchev–Trinajstić information content (AvgIpc) is 2.47. The summed E-state index contributed by atoms with van der Waals surface area (Å²) in [4.78, 5) is 20.9. The highest BCUT2D eigenvalue weighted by atomic mass is 16.4. The molecule has 0 radical (unpaired) electrons. The molecule has 0 saturated carbocycles. The summed E-state index contributed by atoms with van der Waals surface area (Å²) >= 11 is 0. The van der Waals surface area contributed by atoms with Crippen molar-refractivity contribution >= 4 is 17.6 Å². The molecule has 0 aromatic carbocycles. The molecule has 0 bridgehead atoms. The molecule has 1 fully saturated rings. The van der Waals surface area contributed by atoms with Gasteiger partial charge < -0.3 is 20.4 Å². The van der Waals surface area contributed by atoms with Gasteiger partial charge in [0.1, 0.15) is 18.0 Å². The molecule has 2 rings (SSSR count). The number of anilines is 2. The van der Waals surface area contributed by atoms with E-state index >= 15 is 0 Å². The Labute approximate surface area is 117 Å². The monoisotopic (exact) mass is 280 g/mol. The fourth-order valence-electron chi connectivity index (χ4n) is 2.39. The van der Waals surface area contributed by atoms with E-state index in [1.165, 1.54) is 6.33 Å². The van der Waals surface area contributed by atoms with Gasteiger partial charge in [-0.1, -0.05) is 0 Å². The van der Waals surface area contributed by atoms with Crippen LogP contribution in [0.1, 0.15) is 25.7 Å². The average molecular weight is 280 g/mol. The van der Waals surface area contributed by atoms with Gasteiger partial charge >= 0.3 is 5.97 Å². The molecule has 0 amide bonds. The minimum absolute atomic E-state index is 0.0440. The van der Waals surface area contributed by atoms with Gasteiger partial charge in [-0.15, -0.1) is 0 Å². The number of aliphatic hydroxyl groups excluding tert-OH is 1. The van der Waals surface area contributed by atoms with E-state index in [2.05, 4.69) is 20.2 Å². The second kappa shape index (κ2) is 7.04. The third-order valence-corrected chi connectivity index (χ3v) is 3.43. The van der Waals surface area contributed by atoms with Crippen LogP contribution in [-0.4, -0.2) is 51.9 Å². The third kappa shape index (κ3) is 3.80. The first-order chi connectivity index (χ1) is 9.70. The Morgan fingerprint density at radius 1 is 1.45 bits per heavy atom. The first-order valence-electron chi connectivity index (χ1n) is 6.86. The molecule has 1 aliphatic heterocycles. The molecular formula is C13H20N4O3. The minimum atomic E-state index is -0.844. The van der Waals surface area contributed by atoms with Crippen molar-refractivity contribution in [3.8, 4) is 0 Å². The highest BCUT2D eigenvalue weighted by Crippen LogP contribution is 2.23. The molecule has 0 aliphatic carbocycles. The zero-order valence-corrected chi connectivity index (χ0v) is 11.3. The first-order valence-corrected chi connectivity index (χ1v) is 6.86. The maximum Gasteiger partial charge on any atom is 0.305 e. The van der Waals surface area contributed by atoms with Crippen LogP contribution < -0.4 is 10.2 Å². The van der Waals surface area contributed by atoms with Gasteiger partial charge in [0.25, 0.3) is 0 Å². The molecule has 1 saturated heterocycles. The van der Waals surface area contributed by atoms with Crippen LogP contribution >= 0.6 is 0 Å². The molecule has 1 aromatic rings. The third-order valence-electron chi connectivity index (χ3n) is 3.43. The van der Waals surface area contributed by atoms with Crippen LogP contribution in [-0.2, 0) is 4.79 Å². The quantitative estimate of drug-likeness (QED) is 0.706. The molecule has 1 unspecified atom stereocenters. The van der Waals surface area contributed by atoms with Crippen LogP contribution in [0.3, 0.4) is 0 Å². The molecule has 3 N–H and O–H groups in total. The van der Waals surface area contributed by atoms with Crippen LogP contribution in [0, 0.1) is 0 Å². The number of aliphatic carboxylic acids is 1. The molecule has 7 heteroatoms. The van der Waals surface area contributed by atoms with Gasteiger partial charge in [0, 0.05) is 19.2 Å². The Hall–Kier alpha value is -1.89. The number of carbonyl (C=O) groups is 1. The predicted molar refractivity (Wildman–Crippen MR) is 74.8 cm³/mol. The molecule has 7 nitrogen and oxygen atoms in total. The summed E-state index contributed by atoms with van der Waals surface area (Å²) in [5, 5.41) is 21.0. The number of rotatable bonds is 6. The number of piperidine rings is 1. The van der Waals surface area contributed by atoms with Crippen LogP contribution in [0.4, 0.5) is 11.6 Å². The summed E-state index contributed by atoms with van der Waals surface area (Å²) < 4.78 is 0. The van der Waals surface area contributed by atoms with Gasteiger partial charge in [-0.3, -0.25) is 4.79 Å². The van der Waals surface area contributed by atoms with Crippen molar-refractivity contribution in [1.82, 2.24) is 9.97 Å². The lowest BCUT2D eigenvalue weighted by atomic mass is 10.0. The van der Waals surface area contributed by atoms with Gasteiger partial charge in [0.05, 0.1) is 19.1 Å². The summed E-state index contributed by atoms with van der Waals surface area (Å²) in [5.41, 5.74) is 0. The summed E-state index contributed by atoms with van der Waals surface area (Å²) in [7, 11) is 0. The van der Waals surface area contributed by atoms with E-state index in [4.69, 9.17) is 5.11 Å². The summed E-state index contributed by atoms with van der Waals surface area (Å²) in [6.45, 7) is 1.32. The second-order valence-corrected chi connectivity index (χ2v) is 4.86. The van der Waals surface area contributed by atoms with E-state index in [0.29, 0.717) is 12.4 Å². The fourth-order valence-corrected chi connectivity index (χ4v) is 2.39. The van der Waals surface area contributed by atoms with E-state index in [1.807, 2.05) is 0 Å². The smallest absolute Gasteiger partial charge is 0.305 e. The van der Waals surface area contributed by atoms with Crippen LogP contribution in [0.2, 0.25) is 0 Å². The van der Waals surface area contributed by atoms with Crippen molar-refractivity contribution < 1.29 is 15.0 Å². The number of aromatic nitrogens is 2. The zero-order valence-electron chi connectivity index (χ0n) is 11.3. The summed E-state index contributed by atoms with van der Waals surface area (Å²) in [6.07, 6.45) is 4.67. The van der Waals surface area contributed by atoms with E-state index in [-0.39, 0.29) is 19.1 Å². The lowest BCUT2D eigenvalue weighted by Crippen LogP contribution is -2.42. The van der Waals surface area contributed by atoms with Gasteiger partial charge in [-0.2, -0.15) is 0 Å². The second-order valence-electron chi connectivity index (χ2n) is 4.86. The fraction of sp³-hybridized carbons (Fsp3) is 0.615. The zero-order chi connectivity index (χ0) is 14.4. The Morgan fingerprint density at radius 2 is 2.30 bits per heavy atom. The molecule has 20 heavy (non-hydrogen) atoms. The van der Waals surface area contributed by atoms with Gasteiger partial charge in [-0.05, 0) is 19.3 Å². The van der Waals surface area contributed by atoms with Crippen LogP contribution in [0.25, 0.3) is 0 Å². The molecule has 0 spiro atoms. The van der Waals surface area contributed by atoms with E-state index in [0.717, 1.165) is 31.6 Å². The predicted octanol–water partition coefficient (Wildman–Crippen LogP) is 0.714. The number of hydrogen-bond acceptors (Lipinski definition) is 6. The number of nitrogens with one attached hydrogen (secondary N) is 1. The first kappa shape index (κ1) is 14.5. The lowest BCUT2D eigenvalue weighted by Gasteiger charge is -2.35. The standard InChI is InChI=1S/C13H20N4O3/c18-8-10-3-1-2-6-17(10)12-7-11(15-9-16-12)14-5-4-13(19)20/h7,9-10,18H,1-6,8H2,(H,19,20)(H,14,15,16). The van der Waals surface area contributed by atoms with Crippen LogP contribution in [0.5, 0.6) is 0 Å².